The van der Waals surface area contributed by atoms with E-state index in [2.05, 4.69) is 5.32 Å². The fraction of sp³-hybridized carbons (Fsp3) is 0.462. The van der Waals surface area contributed by atoms with E-state index in [4.69, 9.17) is 22.7 Å². The molecule has 4 N–H and O–H groups in total. The molecule has 0 spiro atoms. The molecule has 2 fully saturated rings. The summed E-state index contributed by atoms with van der Waals surface area (Å²) < 4.78 is 0. The van der Waals surface area contributed by atoms with Crippen LogP contribution in [0.5, 0.6) is 0 Å². The van der Waals surface area contributed by atoms with Crippen molar-refractivity contribution < 1.29 is 0 Å². The Labute approximate surface area is 106 Å². The maximum atomic E-state index is 8.42. The van der Waals surface area contributed by atoms with Gasteiger partial charge in [0.25, 0.3) is 0 Å². The highest BCUT2D eigenvalue weighted by molar-refractivity contribution is 6.34. The van der Waals surface area contributed by atoms with Crippen molar-refractivity contribution in [2.24, 2.45) is 11.3 Å². The second-order valence-corrected chi connectivity index (χ2v) is 5.51. The van der Waals surface area contributed by atoms with Crippen molar-refractivity contribution in [2.75, 3.05) is 18.8 Å². The second-order valence-electron chi connectivity index (χ2n) is 5.10. The molecule has 0 bridgehead atoms. The van der Waals surface area contributed by atoms with E-state index < -0.39 is 0 Å². The zero-order valence-electron chi connectivity index (χ0n) is 9.59. The minimum Gasteiger partial charge on any atom is -0.397 e. The SMILES string of the molecule is N=C(c1cccc(Cl)c1N)C12CNCCC1C2. The van der Waals surface area contributed by atoms with Gasteiger partial charge in [-0.3, -0.25) is 0 Å². The Kier molecular flexibility index (Phi) is 2.42. The number of para-hydroxylation sites is 1. The summed E-state index contributed by atoms with van der Waals surface area (Å²) >= 11 is 6.02. The largest absolute Gasteiger partial charge is 0.397 e. The summed E-state index contributed by atoms with van der Waals surface area (Å²) in [5.74, 6) is 0.662. The third-order valence-electron chi connectivity index (χ3n) is 4.16. The van der Waals surface area contributed by atoms with E-state index in [1.807, 2.05) is 12.1 Å². The van der Waals surface area contributed by atoms with Gasteiger partial charge in [-0.15, -0.1) is 0 Å². The number of fused-ring (bicyclic) bond motifs is 1. The molecule has 1 aliphatic heterocycles. The number of anilines is 1. The van der Waals surface area contributed by atoms with Crippen molar-refractivity contribution >= 4 is 23.0 Å². The van der Waals surface area contributed by atoms with E-state index >= 15 is 0 Å². The molecule has 1 saturated carbocycles. The van der Waals surface area contributed by atoms with Crippen molar-refractivity contribution in [3.63, 3.8) is 0 Å². The molecule has 90 valence electrons. The average Bonchev–Trinajstić information content (AvgIpc) is 3.07. The van der Waals surface area contributed by atoms with Crippen molar-refractivity contribution in [2.45, 2.75) is 12.8 Å². The molecule has 1 heterocycles. The van der Waals surface area contributed by atoms with E-state index in [0.717, 1.165) is 25.1 Å². The minimum absolute atomic E-state index is 0.0249. The van der Waals surface area contributed by atoms with Gasteiger partial charge in [-0.2, -0.15) is 0 Å². The molecule has 1 aromatic carbocycles. The second kappa shape index (κ2) is 3.72. The maximum Gasteiger partial charge on any atom is 0.0642 e. The monoisotopic (exact) mass is 249 g/mol. The third-order valence-corrected chi connectivity index (χ3v) is 4.49. The quantitative estimate of drug-likeness (QED) is 0.556. The lowest BCUT2D eigenvalue weighted by molar-refractivity contribution is 0.443. The maximum absolute atomic E-state index is 8.42. The van der Waals surface area contributed by atoms with Crippen LogP contribution in [0.2, 0.25) is 5.02 Å². The van der Waals surface area contributed by atoms with Crippen LogP contribution in [0, 0.1) is 16.7 Å². The lowest BCUT2D eigenvalue weighted by Crippen LogP contribution is -2.37. The molecule has 2 aliphatic rings. The third kappa shape index (κ3) is 1.57. The molecule has 1 aliphatic carbocycles. The lowest BCUT2D eigenvalue weighted by Gasteiger charge is -2.24. The van der Waals surface area contributed by atoms with E-state index in [-0.39, 0.29) is 5.41 Å². The Morgan fingerprint density at radius 2 is 2.35 bits per heavy atom. The van der Waals surface area contributed by atoms with Crippen LogP contribution in [0.25, 0.3) is 0 Å². The van der Waals surface area contributed by atoms with Gasteiger partial charge in [0.05, 0.1) is 10.7 Å². The summed E-state index contributed by atoms with van der Waals surface area (Å²) in [6.45, 7) is 1.98. The predicted molar refractivity (Wildman–Crippen MR) is 70.7 cm³/mol. The molecule has 2 unspecified atom stereocenters. The standard InChI is InChI=1S/C13H16ClN3/c14-10-3-1-2-9(11(10)15)12(16)13-6-8(13)4-5-17-7-13/h1-3,8,16-17H,4-7,15H2. The number of benzene rings is 1. The Hall–Kier alpha value is -1.06. The molecule has 3 rings (SSSR count). The van der Waals surface area contributed by atoms with Crippen molar-refractivity contribution in [3.05, 3.63) is 28.8 Å². The smallest absolute Gasteiger partial charge is 0.0642 e. The van der Waals surface area contributed by atoms with Crippen LogP contribution >= 0.6 is 11.6 Å². The number of hydrogen-bond donors (Lipinski definition) is 3. The summed E-state index contributed by atoms with van der Waals surface area (Å²) in [6.07, 6.45) is 2.29. The Morgan fingerprint density at radius 1 is 1.53 bits per heavy atom. The van der Waals surface area contributed by atoms with Crippen LogP contribution in [0.1, 0.15) is 18.4 Å². The van der Waals surface area contributed by atoms with Gasteiger partial charge in [0.2, 0.25) is 0 Å². The van der Waals surface area contributed by atoms with Gasteiger partial charge >= 0.3 is 0 Å². The first-order valence-corrected chi connectivity index (χ1v) is 6.37. The predicted octanol–water partition coefficient (Wildman–Crippen LogP) is 2.29. The van der Waals surface area contributed by atoms with Gasteiger partial charge in [-0.25, -0.2) is 0 Å². The van der Waals surface area contributed by atoms with Gasteiger partial charge < -0.3 is 16.5 Å². The first kappa shape index (κ1) is 11.1. The number of nitrogens with two attached hydrogens (primary N) is 1. The van der Waals surface area contributed by atoms with Gasteiger partial charge in [-0.1, -0.05) is 23.7 Å². The molecular formula is C13H16ClN3. The van der Waals surface area contributed by atoms with Gasteiger partial charge in [0.15, 0.2) is 0 Å². The molecule has 0 aromatic heterocycles. The van der Waals surface area contributed by atoms with Gasteiger partial charge in [-0.05, 0) is 31.4 Å². The van der Waals surface area contributed by atoms with Gasteiger partial charge in [0.1, 0.15) is 0 Å². The molecular weight excluding hydrogens is 234 g/mol. The summed E-state index contributed by atoms with van der Waals surface area (Å²) in [5, 5.41) is 12.4. The molecule has 0 amide bonds. The Bertz CT molecular complexity index is 486. The average molecular weight is 250 g/mol. The van der Waals surface area contributed by atoms with E-state index in [1.165, 1.54) is 6.42 Å². The zero-order chi connectivity index (χ0) is 12.0. The molecule has 3 nitrogen and oxygen atoms in total. The summed E-state index contributed by atoms with van der Waals surface area (Å²) in [4.78, 5) is 0. The van der Waals surface area contributed by atoms with Gasteiger partial charge in [0, 0.05) is 23.2 Å². The number of nitrogen functional groups attached to an aromatic ring is 1. The molecule has 17 heavy (non-hydrogen) atoms. The summed E-state index contributed by atoms with van der Waals surface area (Å²) in [7, 11) is 0. The van der Waals surface area contributed by atoms with Crippen LogP contribution in [0.3, 0.4) is 0 Å². The number of piperidine rings is 1. The molecule has 1 saturated heterocycles. The van der Waals surface area contributed by atoms with Crippen LogP contribution in [-0.2, 0) is 0 Å². The van der Waals surface area contributed by atoms with E-state index in [1.54, 1.807) is 6.07 Å². The number of halogens is 1. The van der Waals surface area contributed by atoms with Crippen LogP contribution in [-0.4, -0.2) is 18.8 Å². The first-order chi connectivity index (χ1) is 8.15. The van der Waals surface area contributed by atoms with Crippen LogP contribution < -0.4 is 11.1 Å². The summed E-state index contributed by atoms with van der Waals surface area (Å²) in [5.41, 5.74) is 8.02. The fourth-order valence-electron chi connectivity index (χ4n) is 2.98. The Morgan fingerprint density at radius 3 is 3.12 bits per heavy atom. The summed E-state index contributed by atoms with van der Waals surface area (Å²) in [6, 6.07) is 5.55. The highest BCUT2D eigenvalue weighted by Crippen LogP contribution is 2.57. The fourth-order valence-corrected chi connectivity index (χ4v) is 3.16. The molecule has 4 heteroatoms. The minimum atomic E-state index is 0.0249. The molecule has 2 atom stereocenters. The number of rotatable bonds is 2. The van der Waals surface area contributed by atoms with Crippen LogP contribution in [0.15, 0.2) is 18.2 Å². The topological polar surface area (TPSA) is 61.9 Å². The zero-order valence-corrected chi connectivity index (χ0v) is 10.3. The molecule has 1 aromatic rings. The van der Waals surface area contributed by atoms with Crippen molar-refractivity contribution in [1.82, 2.24) is 5.32 Å². The molecule has 0 radical (unpaired) electrons. The van der Waals surface area contributed by atoms with E-state index in [9.17, 15) is 0 Å². The normalized spacial score (nSPS) is 30.8. The first-order valence-electron chi connectivity index (χ1n) is 5.99. The highest BCUT2D eigenvalue weighted by atomic mass is 35.5. The van der Waals surface area contributed by atoms with Crippen molar-refractivity contribution in [3.8, 4) is 0 Å². The number of nitrogens with one attached hydrogen (secondary N) is 2. The lowest BCUT2D eigenvalue weighted by atomic mass is 9.88. The van der Waals surface area contributed by atoms with Crippen LogP contribution in [0.4, 0.5) is 5.69 Å². The van der Waals surface area contributed by atoms with Crippen molar-refractivity contribution in [1.29, 1.82) is 5.41 Å². The number of hydrogen-bond acceptors (Lipinski definition) is 3. The van der Waals surface area contributed by atoms with E-state index in [0.29, 0.717) is 22.3 Å². The Balaban J connectivity index is 1.95. The highest BCUT2D eigenvalue weighted by Gasteiger charge is 2.58.